The number of rotatable bonds is 4. The molecule has 0 aromatic heterocycles. The summed E-state index contributed by atoms with van der Waals surface area (Å²) < 4.78 is 0. The van der Waals surface area contributed by atoms with Crippen molar-refractivity contribution < 1.29 is 0 Å². The monoisotopic (exact) mass is 155 g/mol. The summed E-state index contributed by atoms with van der Waals surface area (Å²) in [7, 11) is 0. The highest BCUT2D eigenvalue weighted by Gasteiger charge is 2.17. The van der Waals surface area contributed by atoms with Gasteiger partial charge in [-0.1, -0.05) is 13.8 Å². The van der Waals surface area contributed by atoms with E-state index in [1.807, 2.05) is 0 Å². The van der Waals surface area contributed by atoms with Crippen LogP contribution in [0.3, 0.4) is 0 Å². The molecule has 1 radical (unpaired) electrons. The van der Waals surface area contributed by atoms with Crippen molar-refractivity contribution in [1.82, 2.24) is 10.6 Å². The number of hydrogen-bond acceptors (Lipinski definition) is 1. The van der Waals surface area contributed by atoms with Crippen LogP contribution in [0.5, 0.6) is 0 Å². The fraction of sp³-hybridized carbons (Fsp3) is 1.00. The molecule has 1 N–H and O–H groups in total. The largest absolute Gasteiger partial charge is 0.298 e. The Kier molecular flexibility index (Phi) is 3.87. The van der Waals surface area contributed by atoms with Crippen molar-refractivity contribution in [2.75, 3.05) is 6.54 Å². The van der Waals surface area contributed by atoms with Gasteiger partial charge in [-0.3, -0.25) is 5.32 Å². The molecule has 0 aliphatic carbocycles. The van der Waals surface area contributed by atoms with E-state index < -0.39 is 0 Å². The van der Waals surface area contributed by atoms with Gasteiger partial charge >= 0.3 is 0 Å². The molecule has 1 aliphatic heterocycles. The number of nitrogens with zero attached hydrogens (tertiary/aromatic N) is 1. The van der Waals surface area contributed by atoms with Crippen LogP contribution in [0.25, 0.3) is 0 Å². The first-order valence-corrected chi connectivity index (χ1v) is 4.79. The standard InChI is InChI=1S/C9H19N2/c1-3-8(4-2)11-9-6-5-7-10-9/h8-9,11H,3-7H2,1-2H3. The zero-order valence-corrected chi connectivity index (χ0v) is 7.64. The highest BCUT2D eigenvalue weighted by molar-refractivity contribution is 4.75. The Bertz CT molecular complexity index is 93.7. The van der Waals surface area contributed by atoms with Gasteiger partial charge in [-0.25, -0.2) is 5.32 Å². The minimum absolute atomic E-state index is 0.472. The van der Waals surface area contributed by atoms with E-state index in [9.17, 15) is 0 Å². The fourth-order valence-electron chi connectivity index (χ4n) is 1.56. The van der Waals surface area contributed by atoms with Crippen LogP contribution in [0.4, 0.5) is 0 Å². The molecular weight excluding hydrogens is 136 g/mol. The highest BCUT2D eigenvalue weighted by atomic mass is 15.1. The SMILES string of the molecule is CCC(CC)NC1CCC[N]1. The molecule has 0 amide bonds. The third kappa shape index (κ3) is 2.80. The second kappa shape index (κ2) is 4.73. The Morgan fingerprint density at radius 2 is 2.18 bits per heavy atom. The third-order valence-electron chi connectivity index (χ3n) is 2.40. The van der Waals surface area contributed by atoms with Crippen molar-refractivity contribution in [2.24, 2.45) is 0 Å². The summed E-state index contributed by atoms with van der Waals surface area (Å²) in [6.07, 6.45) is 5.44. The second-order valence-corrected chi connectivity index (χ2v) is 3.24. The molecule has 1 atom stereocenters. The molecule has 0 saturated carbocycles. The maximum atomic E-state index is 4.46. The molecule has 0 bridgehead atoms. The van der Waals surface area contributed by atoms with Gasteiger partial charge < -0.3 is 0 Å². The van der Waals surface area contributed by atoms with E-state index in [0.29, 0.717) is 12.2 Å². The van der Waals surface area contributed by atoms with E-state index in [4.69, 9.17) is 0 Å². The van der Waals surface area contributed by atoms with Gasteiger partial charge in [0.25, 0.3) is 0 Å². The molecule has 2 nitrogen and oxygen atoms in total. The smallest absolute Gasteiger partial charge is 0.0738 e. The molecule has 0 aromatic rings. The van der Waals surface area contributed by atoms with Gasteiger partial charge in [0.15, 0.2) is 0 Å². The molecule has 1 aliphatic rings. The minimum Gasteiger partial charge on any atom is -0.298 e. The van der Waals surface area contributed by atoms with Gasteiger partial charge in [-0.2, -0.15) is 0 Å². The third-order valence-corrected chi connectivity index (χ3v) is 2.40. The van der Waals surface area contributed by atoms with Crippen LogP contribution in [-0.4, -0.2) is 18.8 Å². The first-order chi connectivity index (χ1) is 5.36. The first-order valence-electron chi connectivity index (χ1n) is 4.79. The van der Waals surface area contributed by atoms with E-state index in [-0.39, 0.29) is 0 Å². The quantitative estimate of drug-likeness (QED) is 0.654. The van der Waals surface area contributed by atoms with E-state index in [2.05, 4.69) is 24.5 Å². The van der Waals surface area contributed by atoms with Gasteiger partial charge in [0.05, 0.1) is 6.17 Å². The first kappa shape index (κ1) is 9.01. The second-order valence-electron chi connectivity index (χ2n) is 3.24. The summed E-state index contributed by atoms with van der Waals surface area (Å²) in [5.41, 5.74) is 0. The lowest BCUT2D eigenvalue weighted by Crippen LogP contribution is -2.40. The van der Waals surface area contributed by atoms with Crippen molar-refractivity contribution >= 4 is 0 Å². The minimum atomic E-state index is 0.472. The maximum absolute atomic E-state index is 4.46. The molecule has 65 valence electrons. The van der Waals surface area contributed by atoms with Crippen LogP contribution < -0.4 is 10.6 Å². The molecule has 1 fully saturated rings. The molecule has 1 saturated heterocycles. The normalized spacial score (nSPS) is 24.8. The summed E-state index contributed by atoms with van der Waals surface area (Å²) in [5.74, 6) is 0. The molecule has 11 heavy (non-hydrogen) atoms. The summed E-state index contributed by atoms with van der Waals surface area (Å²) in [6.45, 7) is 5.53. The van der Waals surface area contributed by atoms with E-state index in [1.165, 1.54) is 25.7 Å². The lowest BCUT2D eigenvalue weighted by atomic mass is 10.1. The molecule has 0 spiro atoms. The lowest BCUT2D eigenvalue weighted by molar-refractivity contribution is 0.384. The number of nitrogens with one attached hydrogen (secondary N) is 1. The molecule has 1 unspecified atom stereocenters. The molecular formula is C9H19N2. The Morgan fingerprint density at radius 3 is 2.64 bits per heavy atom. The van der Waals surface area contributed by atoms with E-state index >= 15 is 0 Å². The van der Waals surface area contributed by atoms with Crippen LogP contribution >= 0.6 is 0 Å². The predicted octanol–water partition coefficient (Wildman–Crippen LogP) is 1.49. The van der Waals surface area contributed by atoms with Gasteiger partial charge in [0.1, 0.15) is 0 Å². The van der Waals surface area contributed by atoms with Crippen LogP contribution in [0.1, 0.15) is 39.5 Å². The van der Waals surface area contributed by atoms with Gasteiger partial charge in [-0.15, -0.1) is 0 Å². The Labute approximate surface area is 69.8 Å². The van der Waals surface area contributed by atoms with Crippen molar-refractivity contribution in [1.29, 1.82) is 0 Å². The molecule has 2 heteroatoms. The van der Waals surface area contributed by atoms with Crippen LogP contribution in [0.15, 0.2) is 0 Å². The van der Waals surface area contributed by atoms with Crippen LogP contribution in [0.2, 0.25) is 0 Å². The maximum Gasteiger partial charge on any atom is 0.0738 e. The van der Waals surface area contributed by atoms with Crippen molar-refractivity contribution in [3.05, 3.63) is 0 Å². The summed E-state index contributed by atoms with van der Waals surface area (Å²) in [4.78, 5) is 0. The lowest BCUT2D eigenvalue weighted by Gasteiger charge is -2.19. The highest BCUT2D eigenvalue weighted by Crippen LogP contribution is 2.07. The Balaban J connectivity index is 2.16. The topological polar surface area (TPSA) is 26.1 Å². The van der Waals surface area contributed by atoms with Gasteiger partial charge in [0, 0.05) is 12.6 Å². The molecule has 0 aromatic carbocycles. The summed E-state index contributed by atoms with van der Waals surface area (Å²) >= 11 is 0. The van der Waals surface area contributed by atoms with Crippen molar-refractivity contribution in [2.45, 2.75) is 51.7 Å². The summed E-state index contributed by atoms with van der Waals surface area (Å²) in [6, 6.07) is 0.682. The van der Waals surface area contributed by atoms with E-state index in [1.54, 1.807) is 0 Å². The molecule has 1 rings (SSSR count). The average molecular weight is 155 g/mol. The average Bonchev–Trinajstić information content (AvgIpc) is 2.52. The van der Waals surface area contributed by atoms with E-state index in [0.717, 1.165) is 6.54 Å². The predicted molar refractivity (Wildman–Crippen MR) is 47.5 cm³/mol. The number of hydrogen-bond donors (Lipinski definition) is 1. The van der Waals surface area contributed by atoms with Gasteiger partial charge in [0.2, 0.25) is 0 Å². The Hall–Kier alpha value is -0.0800. The summed E-state index contributed by atoms with van der Waals surface area (Å²) in [5, 5.41) is 8.01. The molecule has 1 heterocycles. The van der Waals surface area contributed by atoms with Gasteiger partial charge in [-0.05, 0) is 25.7 Å². The van der Waals surface area contributed by atoms with Crippen LogP contribution in [0, 0.1) is 0 Å². The van der Waals surface area contributed by atoms with Crippen molar-refractivity contribution in [3.8, 4) is 0 Å². The zero-order valence-electron chi connectivity index (χ0n) is 7.64. The fourth-order valence-corrected chi connectivity index (χ4v) is 1.56. The Morgan fingerprint density at radius 1 is 1.45 bits per heavy atom. The zero-order chi connectivity index (χ0) is 8.10. The van der Waals surface area contributed by atoms with Crippen molar-refractivity contribution in [3.63, 3.8) is 0 Å². The van der Waals surface area contributed by atoms with Crippen LogP contribution in [-0.2, 0) is 0 Å².